The number of piperidine rings is 1. The summed E-state index contributed by atoms with van der Waals surface area (Å²) in [4.78, 5) is 12.4. The van der Waals surface area contributed by atoms with Gasteiger partial charge in [-0.25, -0.2) is 0 Å². The van der Waals surface area contributed by atoms with E-state index in [0.717, 1.165) is 25.3 Å². The Bertz CT molecular complexity index is 546. The highest BCUT2D eigenvalue weighted by Gasteiger charge is 2.57. The molecule has 3 rings (SSSR count). The first kappa shape index (κ1) is 15.3. The summed E-state index contributed by atoms with van der Waals surface area (Å²) < 4.78 is 5.96. The maximum absolute atomic E-state index is 12.4. The molecule has 1 aliphatic carbocycles. The summed E-state index contributed by atoms with van der Waals surface area (Å²) in [7, 11) is 0. The van der Waals surface area contributed by atoms with Crippen LogP contribution in [0.2, 0.25) is 0 Å². The topological polar surface area (TPSA) is 50.4 Å². The van der Waals surface area contributed by atoms with Crippen molar-refractivity contribution in [3.63, 3.8) is 0 Å². The van der Waals surface area contributed by atoms with Crippen molar-refractivity contribution in [3.05, 3.63) is 29.8 Å². The van der Waals surface area contributed by atoms with E-state index >= 15 is 0 Å². The molecule has 1 heterocycles. The summed E-state index contributed by atoms with van der Waals surface area (Å²) in [6, 6.07) is 8.09. The van der Waals surface area contributed by atoms with Gasteiger partial charge in [0.05, 0.1) is 5.54 Å². The van der Waals surface area contributed by atoms with Gasteiger partial charge in [0, 0.05) is 5.92 Å². The third-order valence-corrected chi connectivity index (χ3v) is 4.80. The van der Waals surface area contributed by atoms with Crippen molar-refractivity contribution < 1.29 is 9.53 Å². The van der Waals surface area contributed by atoms with Crippen molar-refractivity contribution in [3.8, 4) is 5.75 Å². The molecule has 2 N–H and O–H groups in total. The van der Waals surface area contributed by atoms with Gasteiger partial charge in [0.15, 0.2) is 0 Å². The standard InChI is InChI=1S/C18H26N2O2/c1-4-12-7-5-6-8-15(12)22-11-18(2,3)20-17(21)16-13-9-19-10-14(13)16/h5-8,13-14,16,19H,4,9-11H2,1-3H3,(H,20,21)/t13-,14+,16?. The molecule has 22 heavy (non-hydrogen) atoms. The molecule has 1 amide bonds. The molecule has 1 saturated carbocycles. The van der Waals surface area contributed by atoms with E-state index in [-0.39, 0.29) is 17.4 Å². The largest absolute Gasteiger partial charge is 0.491 e. The Kier molecular flexibility index (Phi) is 4.13. The number of amides is 1. The molecule has 2 aliphatic rings. The third-order valence-electron chi connectivity index (χ3n) is 4.80. The Hall–Kier alpha value is -1.55. The maximum Gasteiger partial charge on any atom is 0.224 e. The molecule has 120 valence electrons. The summed E-state index contributed by atoms with van der Waals surface area (Å²) >= 11 is 0. The van der Waals surface area contributed by atoms with Crippen LogP contribution in [0.1, 0.15) is 26.3 Å². The highest BCUT2D eigenvalue weighted by molar-refractivity contribution is 5.83. The summed E-state index contributed by atoms with van der Waals surface area (Å²) in [6.45, 7) is 8.63. The summed E-state index contributed by atoms with van der Waals surface area (Å²) in [6.07, 6.45) is 0.946. The molecular weight excluding hydrogens is 276 g/mol. The summed E-state index contributed by atoms with van der Waals surface area (Å²) in [5.41, 5.74) is 0.842. The number of hydrogen-bond acceptors (Lipinski definition) is 3. The first-order valence-electron chi connectivity index (χ1n) is 8.25. The highest BCUT2D eigenvalue weighted by Crippen LogP contribution is 2.48. The maximum atomic E-state index is 12.4. The van der Waals surface area contributed by atoms with E-state index in [2.05, 4.69) is 23.6 Å². The van der Waals surface area contributed by atoms with E-state index in [9.17, 15) is 4.79 Å². The van der Waals surface area contributed by atoms with Crippen LogP contribution in [0.4, 0.5) is 0 Å². The smallest absolute Gasteiger partial charge is 0.224 e. The lowest BCUT2D eigenvalue weighted by molar-refractivity contribution is -0.125. The predicted octanol–water partition coefficient (Wildman–Crippen LogP) is 1.99. The minimum Gasteiger partial charge on any atom is -0.491 e. The second-order valence-electron chi connectivity index (χ2n) is 7.13. The highest BCUT2D eigenvalue weighted by atomic mass is 16.5. The van der Waals surface area contributed by atoms with Crippen LogP contribution < -0.4 is 15.4 Å². The zero-order valence-electron chi connectivity index (χ0n) is 13.7. The van der Waals surface area contributed by atoms with Crippen LogP contribution >= 0.6 is 0 Å². The number of carbonyl (C=O) groups excluding carboxylic acids is 1. The Morgan fingerprint density at radius 3 is 2.68 bits per heavy atom. The number of benzene rings is 1. The van der Waals surface area contributed by atoms with Crippen LogP contribution in [0, 0.1) is 17.8 Å². The Morgan fingerprint density at radius 1 is 1.32 bits per heavy atom. The number of rotatable bonds is 6. The average Bonchev–Trinajstić information content (AvgIpc) is 2.99. The second kappa shape index (κ2) is 5.92. The molecule has 3 atom stereocenters. The molecular formula is C18H26N2O2. The van der Waals surface area contributed by atoms with Gasteiger partial charge in [-0.05, 0) is 56.8 Å². The van der Waals surface area contributed by atoms with Gasteiger partial charge in [0.25, 0.3) is 0 Å². The van der Waals surface area contributed by atoms with E-state index in [1.807, 2.05) is 32.0 Å². The van der Waals surface area contributed by atoms with E-state index < -0.39 is 0 Å². The number of aryl methyl sites for hydroxylation is 1. The molecule has 0 spiro atoms. The number of ether oxygens (including phenoxy) is 1. The van der Waals surface area contributed by atoms with Crippen LogP contribution in [0.3, 0.4) is 0 Å². The Morgan fingerprint density at radius 2 is 2.00 bits per heavy atom. The van der Waals surface area contributed by atoms with Crippen LogP contribution in [0.5, 0.6) is 5.75 Å². The number of fused-ring (bicyclic) bond motifs is 1. The lowest BCUT2D eigenvalue weighted by Gasteiger charge is -2.27. The van der Waals surface area contributed by atoms with E-state index in [4.69, 9.17) is 4.74 Å². The fraction of sp³-hybridized carbons (Fsp3) is 0.611. The van der Waals surface area contributed by atoms with Gasteiger partial charge < -0.3 is 15.4 Å². The number of hydrogen-bond donors (Lipinski definition) is 2. The molecule has 4 heteroatoms. The fourth-order valence-electron chi connectivity index (χ4n) is 3.46. The van der Waals surface area contributed by atoms with Crippen LogP contribution in [0.15, 0.2) is 24.3 Å². The molecule has 1 aliphatic heterocycles. The van der Waals surface area contributed by atoms with Crippen molar-refractivity contribution in [2.24, 2.45) is 17.8 Å². The molecule has 0 aromatic heterocycles. The van der Waals surface area contributed by atoms with Crippen molar-refractivity contribution in [2.75, 3.05) is 19.7 Å². The van der Waals surface area contributed by atoms with Gasteiger partial charge in [-0.1, -0.05) is 25.1 Å². The lowest BCUT2D eigenvalue weighted by atomic mass is 10.1. The van der Waals surface area contributed by atoms with Gasteiger partial charge in [-0.15, -0.1) is 0 Å². The third kappa shape index (κ3) is 3.12. The fourth-order valence-corrected chi connectivity index (χ4v) is 3.46. The normalized spacial score (nSPS) is 26.4. The molecule has 1 aromatic rings. The lowest BCUT2D eigenvalue weighted by Crippen LogP contribution is -2.49. The predicted molar refractivity (Wildman–Crippen MR) is 86.9 cm³/mol. The molecule has 0 radical (unpaired) electrons. The first-order valence-corrected chi connectivity index (χ1v) is 8.25. The van der Waals surface area contributed by atoms with Crippen LogP contribution in [-0.2, 0) is 11.2 Å². The quantitative estimate of drug-likeness (QED) is 0.845. The minimum atomic E-state index is -0.359. The van der Waals surface area contributed by atoms with Gasteiger partial charge in [0.1, 0.15) is 12.4 Å². The number of para-hydroxylation sites is 1. The minimum absolute atomic E-state index is 0.189. The van der Waals surface area contributed by atoms with Crippen molar-refractivity contribution in [1.29, 1.82) is 0 Å². The molecule has 0 bridgehead atoms. The van der Waals surface area contributed by atoms with E-state index in [0.29, 0.717) is 18.4 Å². The molecule has 1 saturated heterocycles. The molecule has 1 aromatic carbocycles. The number of carbonyl (C=O) groups is 1. The zero-order valence-corrected chi connectivity index (χ0v) is 13.7. The Balaban J connectivity index is 1.53. The first-order chi connectivity index (χ1) is 10.5. The van der Waals surface area contributed by atoms with Gasteiger partial charge in [-0.2, -0.15) is 0 Å². The van der Waals surface area contributed by atoms with Crippen molar-refractivity contribution in [1.82, 2.24) is 10.6 Å². The summed E-state index contributed by atoms with van der Waals surface area (Å²) in [5, 5.41) is 6.49. The zero-order chi connectivity index (χ0) is 15.7. The van der Waals surface area contributed by atoms with Crippen LogP contribution in [0.25, 0.3) is 0 Å². The van der Waals surface area contributed by atoms with Crippen molar-refractivity contribution >= 4 is 5.91 Å². The summed E-state index contributed by atoms with van der Waals surface area (Å²) in [5.74, 6) is 2.42. The SMILES string of the molecule is CCc1ccccc1OCC(C)(C)NC(=O)C1[C@H]2CNC[C@@H]12. The average molecular weight is 302 g/mol. The van der Waals surface area contributed by atoms with Gasteiger partial charge in [0.2, 0.25) is 5.91 Å². The van der Waals surface area contributed by atoms with Gasteiger partial charge in [-0.3, -0.25) is 4.79 Å². The van der Waals surface area contributed by atoms with Crippen molar-refractivity contribution in [2.45, 2.75) is 32.7 Å². The van der Waals surface area contributed by atoms with Gasteiger partial charge >= 0.3 is 0 Å². The molecule has 4 nitrogen and oxygen atoms in total. The second-order valence-corrected chi connectivity index (χ2v) is 7.13. The van der Waals surface area contributed by atoms with Crippen LogP contribution in [-0.4, -0.2) is 31.1 Å². The van der Waals surface area contributed by atoms with E-state index in [1.54, 1.807) is 0 Å². The molecule has 2 fully saturated rings. The molecule has 1 unspecified atom stereocenters. The Labute approximate surface area is 132 Å². The van der Waals surface area contributed by atoms with E-state index in [1.165, 1.54) is 5.56 Å². The number of nitrogens with one attached hydrogen (secondary N) is 2. The monoisotopic (exact) mass is 302 g/mol.